The molecule has 0 radical (unpaired) electrons. The molecule has 1 aliphatic heterocycles. The molecule has 2 aromatic heterocycles. The number of fused-ring (bicyclic) bond motifs is 1. The van der Waals surface area contributed by atoms with Crippen molar-refractivity contribution < 1.29 is 14.3 Å². The van der Waals surface area contributed by atoms with Crippen LogP contribution in [0.5, 0.6) is 0 Å². The molecule has 0 unspecified atom stereocenters. The maximum atomic E-state index is 13.9. The highest BCUT2D eigenvalue weighted by atomic mass is 19.1. The Kier molecular flexibility index (Phi) is 4.24. The quantitative estimate of drug-likeness (QED) is 0.779. The number of carboxylic acid groups (broad SMARTS) is 1. The molecule has 0 atom stereocenters. The number of aliphatic carboxylic acids is 1. The Labute approximate surface area is 150 Å². The maximum absolute atomic E-state index is 13.9. The summed E-state index contributed by atoms with van der Waals surface area (Å²) in [5, 5.41) is 10.0. The summed E-state index contributed by atoms with van der Waals surface area (Å²) in [6, 6.07) is 11.2. The van der Waals surface area contributed by atoms with Crippen molar-refractivity contribution in [3.8, 4) is 11.1 Å². The number of anilines is 1. The Hall–Kier alpha value is -3.02. The number of piperidine rings is 1. The van der Waals surface area contributed by atoms with Crippen molar-refractivity contribution in [2.24, 2.45) is 5.92 Å². The van der Waals surface area contributed by atoms with Crippen LogP contribution in [-0.4, -0.2) is 34.1 Å². The number of hydrogen-bond donors (Lipinski definition) is 1. The predicted octanol–water partition coefficient (Wildman–Crippen LogP) is 3.74. The molecule has 6 heteroatoms. The minimum atomic E-state index is -0.716. The topological polar surface area (TPSA) is 66.3 Å². The summed E-state index contributed by atoms with van der Waals surface area (Å²) < 4.78 is 13.9. The highest BCUT2D eigenvalue weighted by molar-refractivity contribution is 5.85. The summed E-state index contributed by atoms with van der Waals surface area (Å²) in [6.45, 7) is 1.38. The summed E-state index contributed by atoms with van der Waals surface area (Å²) in [6.07, 6.45) is 4.05. The van der Waals surface area contributed by atoms with E-state index in [-0.39, 0.29) is 11.7 Å². The first-order valence-corrected chi connectivity index (χ1v) is 8.60. The first-order chi connectivity index (χ1) is 12.6. The second kappa shape index (κ2) is 6.71. The average molecular weight is 351 g/mol. The van der Waals surface area contributed by atoms with Gasteiger partial charge < -0.3 is 10.0 Å². The number of nitrogens with zero attached hydrogens (tertiary/aromatic N) is 3. The molecule has 1 saturated heterocycles. The minimum absolute atomic E-state index is 0.260. The fourth-order valence-corrected chi connectivity index (χ4v) is 3.42. The third kappa shape index (κ3) is 3.10. The van der Waals surface area contributed by atoms with Gasteiger partial charge in [0, 0.05) is 30.2 Å². The molecule has 1 aliphatic rings. The summed E-state index contributed by atoms with van der Waals surface area (Å²) in [5.74, 6) is -0.474. The third-order valence-corrected chi connectivity index (χ3v) is 4.93. The van der Waals surface area contributed by atoms with Crippen molar-refractivity contribution in [3.63, 3.8) is 0 Å². The molecule has 26 heavy (non-hydrogen) atoms. The molecular weight excluding hydrogens is 333 g/mol. The van der Waals surface area contributed by atoms with Crippen LogP contribution in [-0.2, 0) is 4.79 Å². The number of benzene rings is 1. The first kappa shape index (κ1) is 16.4. The number of halogens is 1. The van der Waals surface area contributed by atoms with Gasteiger partial charge in [0.2, 0.25) is 0 Å². The van der Waals surface area contributed by atoms with Crippen molar-refractivity contribution in [2.45, 2.75) is 12.8 Å². The van der Waals surface area contributed by atoms with Crippen molar-refractivity contribution >= 4 is 22.7 Å². The number of hydrogen-bond acceptors (Lipinski definition) is 4. The van der Waals surface area contributed by atoms with E-state index in [2.05, 4.69) is 9.88 Å². The number of rotatable bonds is 3. The Balaban J connectivity index is 1.60. The Morgan fingerprint density at radius 2 is 1.96 bits per heavy atom. The molecule has 0 aliphatic carbocycles. The van der Waals surface area contributed by atoms with Crippen LogP contribution in [0.3, 0.4) is 0 Å². The molecule has 5 nitrogen and oxygen atoms in total. The Morgan fingerprint density at radius 3 is 2.69 bits per heavy atom. The third-order valence-electron chi connectivity index (χ3n) is 4.93. The molecule has 4 rings (SSSR count). The monoisotopic (exact) mass is 351 g/mol. The van der Waals surface area contributed by atoms with Gasteiger partial charge in [0.05, 0.1) is 17.6 Å². The standard InChI is InChI=1S/C20H18FN3O2/c21-17-12-22-8-5-16(17)14-1-3-18-15(11-14)2-4-19(23-18)24-9-6-13(7-10-24)20(25)26/h1-5,8,11-13H,6-7,9-10H2,(H,25,26). The second-order valence-electron chi connectivity index (χ2n) is 6.53. The molecule has 1 aromatic carbocycles. The van der Waals surface area contributed by atoms with Crippen LogP contribution in [0.4, 0.5) is 10.2 Å². The van der Waals surface area contributed by atoms with Gasteiger partial charge in [-0.15, -0.1) is 0 Å². The molecule has 3 aromatic rings. The van der Waals surface area contributed by atoms with Crippen LogP contribution < -0.4 is 4.90 Å². The molecule has 0 saturated carbocycles. The van der Waals surface area contributed by atoms with E-state index in [1.165, 1.54) is 6.20 Å². The molecule has 132 valence electrons. The number of aromatic nitrogens is 2. The van der Waals surface area contributed by atoms with E-state index in [1.54, 1.807) is 12.3 Å². The van der Waals surface area contributed by atoms with E-state index in [0.717, 1.165) is 22.3 Å². The lowest BCUT2D eigenvalue weighted by Gasteiger charge is -2.31. The lowest BCUT2D eigenvalue weighted by molar-refractivity contribution is -0.142. The predicted molar refractivity (Wildman–Crippen MR) is 97.5 cm³/mol. The fourth-order valence-electron chi connectivity index (χ4n) is 3.42. The highest BCUT2D eigenvalue weighted by Gasteiger charge is 2.25. The van der Waals surface area contributed by atoms with E-state index in [0.29, 0.717) is 31.5 Å². The summed E-state index contributed by atoms with van der Waals surface area (Å²) in [4.78, 5) is 21.7. The van der Waals surface area contributed by atoms with Gasteiger partial charge in [-0.25, -0.2) is 9.37 Å². The van der Waals surface area contributed by atoms with E-state index in [4.69, 9.17) is 10.1 Å². The second-order valence-corrected chi connectivity index (χ2v) is 6.53. The maximum Gasteiger partial charge on any atom is 0.306 e. The van der Waals surface area contributed by atoms with E-state index in [9.17, 15) is 9.18 Å². The zero-order valence-electron chi connectivity index (χ0n) is 14.1. The van der Waals surface area contributed by atoms with Gasteiger partial charge in [0.15, 0.2) is 0 Å². The molecular formula is C20H18FN3O2. The zero-order chi connectivity index (χ0) is 18.1. The summed E-state index contributed by atoms with van der Waals surface area (Å²) >= 11 is 0. The van der Waals surface area contributed by atoms with Gasteiger partial charge in [-0.1, -0.05) is 6.07 Å². The van der Waals surface area contributed by atoms with Gasteiger partial charge in [-0.2, -0.15) is 0 Å². The van der Waals surface area contributed by atoms with Crippen LogP contribution in [0.25, 0.3) is 22.0 Å². The van der Waals surface area contributed by atoms with E-state index >= 15 is 0 Å². The van der Waals surface area contributed by atoms with E-state index < -0.39 is 5.97 Å². The van der Waals surface area contributed by atoms with Gasteiger partial charge >= 0.3 is 5.97 Å². The Morgan fingerprint density at radius 1 is 1.15 bits per heavy atom. The highest BCUT2D eigenvalue weighted by Crippen LogP contribution is 2.28. The molecule has 1 fully saturated rings. The van der Waals surface area contributed by atoms with Crippen LogP contribution in [0, 0.1) is 11.7 Å². The van der Waals surface area contributed by atoms with Crippen molar-refractivity contribution in [1.29, 1.82) is 0 Å². The smallest absolute Gasteiger partial charge is 0.306 e. The average Bonchev–Trinajstić information content (AvgIpc) is 2.67. The largest absolute Gasteiger partial charge is 0.481 e. The summed E-state index contributed by atoms with van der Waals surface area (Å²) in [5.41, 5.74) is 2.14. The van der Waals surface area contributed by atoms with Crippen LogP contribution in [0.15, 0.2) is 48.8 Å². The minimum Gasteiger partial charge on any atom is -0.481 e. The van der Waals surface area contributed by atoms with Gasteiger partial charge in [0.1, 0.15) is 11.6 Å². The van der Waals surface area contributed by atoms with Gasteiger partial charge in [-0.05, 0) is 48.7 Å². The first-order valence-electron chi connectivity index (χ1n) is 8.60. The van der Waals surface area contributed by atoms with Crippen LogP contribution in [0.1, 0.15) is 12.8 Å². The van der Waals surface area contributed by atoms with Crippen molar-refractivity contribution in [1.82, 2.24) is 9.97 Å². The number of carboxylic acids is 1. The molecule has 0 bridgehead atoms. The number of pyridine rings is 2. The lowest BCUT2D eigenvalue weighted by Crippen LogP contribution is -2.36. The molecule has 3 heterocycles. The van der Waals surface area contributed by atoms with Crippen LogP contribution in [0.2, 0.25) is 0 Å². The number of carbonyl (C=O) groups is 1. The zero-order valence-corrected chi connectivity index (χ0v) is 14.1. The normalized spacial score (nSPS) is 15.3. The van der Waals surface area contributed by atoms with Crippen molar-refractivity contribution in [2.75, 3.05) is 18.0 Å². The summed E-state index contributed by atoms with van der Waals surface area (Å²) in [7, 11) is 0. The van der Waals surface area contributed by atoms with Gasteiger partial charge in [0.25, 0.3) is 0 Å². The van der Waals surface area contributed by atoms with Crippen LogP contribution >= 0.6 is 0 Å². The molecule has 0 amide bonds. The SMILES string of the molecule is O=C(O)C1CCN(c2ccc3cc(-c4ccncc4F)ccc3n2)CC1. The van der Waals surface area contributed by atoms with E-state index in [1.807, 2.05) is 30.3 Å². The van der Waals surface area contributed by atoms with Gasteiger partial charge in [-0.3, -0.25) is 9.78 Å². The Bertz CT molecular complexity index is 968. The lowest BCUT2D eigenvalue weighted by atomic mass is 9.97. The fraction of sp³-hybridized carbons (Fsp3) is 0.250. The molecule has 1 N–H and O–H groups in total. The van der Waals surface area contributed by atoms with Crippen molar-refractivity contribution in [3.05, 3.63) is 54.6 Å². The molecule has 0 spiro atoms.